The molecule has 1 aromatic carbocycles. The second-order valence-corrected chi connectivity index (χ2v) is 4.95. The Morgan fingerprint density at radius 2 is 2.05 bits per heavy atom. The highest BCUT2D eigenvalue weighted by Crippen LogP contribution is 2.27. The number of carboxylic acid groups (broad SMARTS) is 1. The van der Waals surface area contributed by atoms with Gasteiger partial charge in [-0.1, -0.05) is 13.8 Å². The number of rotatable bonds is 7. The summed E-state index contributed by atoms with van der Waals surface area (Å²) < 4.78 is 0. The molecule has 8 nitrogen and oxygen atoms in total. The lowest BCUT2D eigenvalue weighted by atomic mass is 10.00. The van der Waals surface area contributed by atoms with Crippen molar-refractivity contribution in [2.24, 2.45) is 11.7 Å². The van der Waals surface area contributed by atoms with Crippen LogP contribution in [0.15, 0.2) is 18.2 Å². The van der Waals surface area contributed by atoms with E-state index < -0.39 is 22.8 Å². The van der Waals surface area contributed by atoms with Gasteiger partial charge in [-0.25, -0.2) is 0 Å². The molecular weight excluding hydrogens is 278 g/mol. The van der Waals surface area contributed by atoms with Gasteiger partial charge >= 0.3 is 5.97 Å². The number of aliphatic carboxylic acids is 1. The Bertz CT molecular complexity index is 571. The first-order valence-corrected chi connectivity index (χ1v) is 6.29. The second-order valence-electron chi connectivity index (χ2n) is 4.95. The van der Waals surface area contributed by atoms with Crippen molar-refractivity contribution in [2.45, 2.75) is 26.3 Å². The van der Waals surface area contributed by atoms with Gasteiger partial charge in [0.1, 0.15) is 5.69 Å². The van der Waals surface area contributed by atoms with Crippen LogP contribution in [-0.4, -0.2) is 27.9 Å². The first-order chi connectivity index (χ1) is 9.72. The largest absolute Gasteiger partial charge is 0.481 e. The number of nitro groups is 1. The topological polar surface area (TPSA) is 136 Å². The predicted molar refractivity (Wildman–Crippen MR) is 76.1 cm³/mol. The predicted octanol–water partition coefficient (Wildman–Crippen LogP) is 1.60. The van der Waals surface area contributed by atoms with Crippen LogP contribution in [0.1, 0.15) is 30.6 Å². The number of nitrogens with zero attached hydrogens (tertiary/aromatic N) is 1. The third-order valence-corrected chi connectivity index (χ3v) is 3.02. The number of primary amides is 1. The number of amides is 1. The Hall–Kier alpha value is -2.64. The van der Waals surface area contributed by atoms with Gasteiger partial charge in [-0.15, -0.1) is 0 Å². The van der Waals surface area contributed by atoms with Gasteiger partial charge in [0, 0.05) is 17.7 Å². The molecule has 1 amide bonds. The first kappa shape index (κ1) is 16.4. The average Bonchev–Trinajstić information content (AvgIpc) is 2.36. The molecule has 1 atom stereocenters. The molecule has 1 rings (SSSR count). The van der Waals surface area contributed by atoms with Gasteiger partial charge < -0.3 is 16.2 Å². The fraction of sp³-hybridized carbons (Fsp3) is 0.385. The van der Waals surface area contributed by atoms with Crippen molar-refractivity contribution in [3.8, 4) is 0 Å². The summed E-state index contributed by atoms with van der Waals surface area (Å²) in [7, 11) is 0. The average molecular weight is 295 g/mol. The number of carboxylic acids is 1. The maximum Gasteiger partial charge on any atom is 0.305 e. The highest BCUT2D eigenvalue weighted by atomic mass is 16.6. The van der Waals surface area contributed by atoms with Gasteiger partial charge in [0.05, 0.1) is 11.3 Å². The number of nitrogens with one attached hydrogen (secondary N) is 1. The number of benzene rings is 1. The lowest BCUT2D eigenvalue weighted by Gasteiger charge is -2.22. The minimum Gasteiger partial charge on any atom is -0.481 e. The molecule has 0 fully saturated rings. The van der Waals surface area contributed by atoms with E-state index in [2.05, 4.69) is 5.32 Å². The molecule has 0 aliphatic carbocycles. The summed E-state index contributed by atoms with van der Waals surface area (Å²) in [6.45, 7) is 3.59. The van der Waals surface area contributed by atoms with Crippen LogP contribution in [0.5, 0.6) is 0 Å². The van der Waals surface area contributed by atoms with E-state index in [0.29, 0.717) is 0 Å². The Labute approximate surface area is 121 Å². The maximum absolute atomic E-state index is 11.2. The molecule has 0 radical (unpaired) electrons. The zero-order chi connectivity index (χ0) is 16.2. The number of carbonyl (C=O) groups excluding carboxylic acids is 1. The van der Waals surface area contributed by atoms with Crippen LogP contribution < -0.4 is 11.1 Å². The monoisotopic (exact) mass is 295 g/mol. The molecule has 0 saturated carbocycles. The van der Waals surface area contributed by atoms with Crippen molar-refractivity contribution in [2.75, 3.05) is 5.32 Å². The van der Waals surface area contributed by atoms with E-state index in [4.69, 9.17) is 10.8 Å². The Morgan fingerprint density at radius 3 is 2.48 bits per heavy atom. The smallest absolute Gasteiger partial charge is 0.305 e. The Kier molecular flexibility index (Phi) is 5.23. The number of carbonyl (C=O) groups is 2. The van der Waals surface area contributed by atoms with Crippen LogP contribution in [0, 0.1) is 16.0 Å². The minimum atomic E-state index is -1.02. The van der Waals surface area contributed by atoms with Crippen LogP contribution in [-0.2, 0) is 4.79 Å². The van der Waals surface area contributed by atoms with Crippen molar-refractivity contribution in [3.63, 3.8) is 0 Å². The number of hydrogen-bond donors (Lipinski definition) is 3. The number of anilines is 1. The van der Waals surface area contributed by atoms with Gasteiger partial charge in [-0.05, 0) is 18.1 Å². The van der Waals surface area contributed by atoms with Crippen LogP contribution in [0.25, 0.3) is 0 Å². The molecule has 0 spiro atoms. The van der Waals surface area contributed by atoms with Crippen molar-refractivity contribution in [1.82, 2.24) is 0 Å². The third kappa shape index (κ3) is 4.44. The summed E-state index contributed by atoms with van der Waals surface area (Å²) in [5, 5.41) is 22.7. The number of hydrogen-bond acceptors (Lipinski definition) is 5. The Balaban J connectivity index is 3.18. The van der Waals surface area contributed by atoms with E-state index in [1.54, 1.807) is 13.8 Å². The molecule has 0 saturated heterocycles. The van der Waals surface area contributed by atoms with E-state index in [1.165, 1.54) is 18.2 Å². The second kappa shape index (κ2) is 6.69. The van der Waals surface area contributed by atoms with E-state index in [0.717, 1.165) is 0 Å². The lowest BCUT2D eigenvalue weighted by molar-refractivity contribution is -0.384. The molecule has 8 heteroatoms. The molecule has 0 bridgehead atoms. The lowest BCUT2D eigenvalue weighted by Crippen LogP contribution is -2.29. The van der Waals surface area contributed by atoms with Gasteiger partial charge in [-0.3, -0.25) is 19.7 Å². The molecule has 114 valence electrons. The molecule has 1 aromatic rings. The molecule has 21 heavy (non-hydrogen) atoms. The van der Waals surface area contributed by atoms with E-state index >= 15 is 0 Å². The molecule has 1 unspecified atom stereocenters. The number of nitro benzene ring substituents is 1. The highest BCUT2D eigenvalue weighted by Gasteiger charge is 2.22. The highest BCUT2D eigenvalue weighted by molar-refractivity contribution is 5.94. The molecule has 0 aliphatic heterocycles. The summed E-state index contributed by atoms with van der Waals surface area (Å²) >= 11 is 0. The quantitative estimate of drug-likeness (QED) is 0.516. The van der Waals surface area contributed by atoms with Crippen LogP contribution in [0.2, 0.25) is 0 Å². The van der Waals surface area contributed by atoms with Crippen molar-refractivity contribution >= 4 is 23.3 Å². The van der Waals surface area contributed by atoms with E-state index in [9.17, 15) is 19.7 Å². The summed E-state index contributed by atoms with van der Waals surface area (Å²) in [5.41, 5.74) is 5.10. The standard InChI is InChI=1S/C13H17N3O5/c1-7(2)9(6-12(17)18)15-10-5-8(13(14)19)3-4-11(10)16(20)21/h3-5,7,9,15H,6H2,1-2H3,(H2,14,19)(H,17,18). The molecular formula is C13H17N3O5. The normalized spacial score (nSPS) is 12.0. The summed E-state index contributed by atoms with van der Waals surface area (Å²) in [4.78, 5) is 32.4. The summed E-state index contributed by atoms with van der Waals surface area (Å²) in [6.07, 6.45) is -0.199. The van der Waals surface area contributed by atoms with Crippen molar-refractivity contribution in [1.29, 1.82) is 0 Å². The van der Waals surface area contributed by atoms with Crippen molar-refractivity contribution in [3.05, 3.63) is 33.9 Å². The SMILES string of the molecule is CC(C)C(CC(=O)O)Nc1cc(C(N)=O)ccc1[N+](=O)[O-]. The summed E-state index contributed by atoms with van der Waals surface area (Å²) in [5.74, 6) is -1.81. The number of nitrogens with two attached hydrogens (primary N) is 1. The molecule has 0 heterocycles. The molecule has 4 N–H and O–H groups in total. The van der Waals surface area contributed by atoms with Crippen molar-refractivity contribution < 1.29 is 19.6 Å². The first-order valence-electron chi connectivity index (χ1n) is 6.29. The zero-order valence-electron chi connectivity index (χ0n) is 11.7. The zero-order valence-corrected chi connectivity index (χ0v) is 11.7. The fourth-order valence-corrected chi connectivity index (χ4v) is 1.81. The fourth-order valence-electron chi connectivity index (χ4n) is 1.81. The summed E-state index contributed by atoms with van der Waals surface area (Å²) in [6, 6.07) is 3.18. The van der Waals surface area contributed by atoms with Crippen LogP contribution in [0.3, 0.4) is 0 Å². The molecule has 0 aromatic heterocycles. The van der Waals surface area contributed by atoms with Crippen LogP contribution in [0.4, 0.5) is 11.4 Å². The van der Waals surface area contributed by atoms with Gasteiger partial charge in [0.2, 0.25) is 5.91 Å². The van der Waals surface area contributed by atoms with E-state index in [-0.39, 0.29) is 29.3 Å². The van der Waals surface area contributed by atoms with Crippen LogP contribution >= 0.6 is 0 Å². The van der Waals surface area contributed by atoms with Gasteiger partial charge in [0.15, 0.2) is 0 Å². The maximum atomic E-state index is 11.2. The molecule has 0 aliphatic rings. The minimum absolute atomic E-state index is 0.0714. The van der Waals surface area contributed by atoms with E-state index in [1.807, 2.05) is 0 Å². The Morgan fingerprint density at radius 1 is 1.43 bits per heavy atom. The van der Waals surface area contributed by atoms with Gasteiger partial charge in [0.25, 0.3) is 5.69 Å². The van der Waals surface area contributed by atoms with Gasteiger partial charge in [-0.2, -0.15) is 0 Å². The third-order valence-electron chi connectivity index (χ3n) is 3.02.